The maximum Gasteiger partial charge on any atom is 0.267 e. The molecule has 4 heterocycles. The summed E-state index contributed by atoms with van der Waals surface area (Å²) in [5.74, 6) is 0.907. The molecule has 1 aromatic carbocycles. The van der Waals surface area contributed by atoms with Gasteiger partial charge in [0, 0.05) is 28.9 Å². The van der Waals surface area contributed by atoms with Crippen LogP contribution in [-0.4, -0.2) is 29.3 Å². The molecule has 0 aliphatic rings. The van der Waals surface area contributed by atoms with Crippen molar-refractivity contribution in [3.8, 4) is 11.6 Å². The molecule has 154 valence electrons. The fourth-order valence-electron chi connectivity index (χ4n) is 3.41. The van der Waals surface area contributed by atoms with E-state index >= 15 is 0 Å². The number of hydrogen-bond acceptors (Lipinski definition) is 5. The normalized spacial score (nSPS) is 11.5. The van der Waals surface area contributed by atoms with Crippen molar-refractivity contribution < 1.29 is 0 Å². The van der Waals surface area contributed by atoms with Gasteiger partial charge in [-0.1, -0.05) is 30.1 Å². The third kappa shape index (κ3) is 3.30. The first kappa shape index (κ1) is 19.5. The highest BCUT2D eigenvalue weighted by molar-refractivity contribution is 6.34. The van der Waals surface area contributed by atoms with Crippen molar-refractivity contribution in [1.29, 1.82) is 0 Å². The third-order valence-electron chi connectivity index (χ3n) is 4.94. The zero-order valence-corrected chi connectivity index (χ0v) is 17.6. The predicted octanol–water partition coefficient (Wildman–Crippen LogP) is 3.68. The minimum atomic E-state index is -0.367. The molecule has 1 N–H and O–H groups in total. The molecular weight excluding hydrogens is 439 g/mol. The Morgan fingerprint density at radius 3 is 2.10 bits per heavy atom. The van der Waals surface area contributed by atoms with E-state index in [0.717, 1.165) is 0 Å². The number of benzene rings is 1. The molecule has 0 unspecified atom stereocenters. The molecule has 5 rings (SSSR count). The number of nitrogens with zero attached hydrogens (tertiary/aromatic N) is 5. The number of aromatic nitrogens is 6. The van der Waals surface area contributed by atoms with Crippen molar-refractivity contribution in [2.24, 2.45) is 0 Å². The van der Waals surface area contributed by atoms with Crippen LogP contribution in [0.2, 0.25) is 10.0 Å². The van der Waals surface area contributed by atoms with Crippen LogP contribution in [0, 0.1) is 0 Å². The monoisotopic (exact) mass is 452 g/mol. The highest BCUT2D eigenvalue weighted by Crippen LogP contribution is 2.22. The van der Waals surface area contributed by atoms with E-state index in [1.807, 2.05) is 6.92 Å². The largest absolute Gasteiger partial charge is 0.284 e. The van der Waals surface area contributed by atoms with E-state index in [2.05, 4.69) is 20.2 Å². The minimum Gasteiger partial charge on any atom is -0.284 e. The molecule has 0 spiro atoms. The van der Waals surface area contributed by atoms with Gasteiger partial charge < -0.3 is 0 Å². The van der Waals surface area contributed by atoms with Crippen molar-refractivity contribution in [3.05, 3.63) is 85.4 Å². The number of hydrogen-bond donors (Lipinski definition) is 1. The zero-order valence-electron chi connectivity index (χ0n) is 16.1. The van der Waals surface area contributed by atoms with E-state index in [1.54, 1.807) is 48.8 Å². The van der Waals surface area contributed by atoms with Crippen LogP contribution in [0.25, 0.3) is 33.4 Å². The lowest BCUT2D eigenvalue weighted by molar-refractivity contribution is 0.901. The van der Waals surface area contributed by atoms with Crippen LogP contribution in [-0.2, 0) is 6.42 Å². The molecule has 31 heavy (non-hydrogen) atoms. The maximum absolute atomic E-state index is 13.2. The van der Waals surface area contributed by atoms with Gasteiger partial charge >= 0.3 is 0 Å². The van der Waals surface area contributed by atoms with Crippen molar-refractivity contribution in [1.82, 2.24) is 29.3 Å². The van der Waals surface area contributed by atoms with Gasteiger partial charge in [0.05, 0.1) is 27.5 Å². The Labute approximate surface area is 184 Å². The van der Waals surface area contributed by atoms with Crippen LogP contribution in [0.4, 0.5) is 0 Å². The Kier molecular flexibility index (Phi) is 4.60. The lowest BCUT2D eigenvalue weighted by Crippen LogP contribution is -2.21. The number of rotatable bonds is 3. The van der Waals surface area contributed by atoms with E-state index in [1.165, 1.54) is 9.13 Å². The lowest BCUT2D eigenvalue weighted by Gasteiger charge is -2.09. The summed E-state index contributed by atoms with van der Waals surface area (Å²) in [4.78, 5) is 35.1. The van der Waals surface area contributed by atoms with Gasteiger partial charge in [0.1, 0.15) is 5.82 Å². The molecule has 0 radical (unpaired) electrons. The van der Waals surface area contributed by atoms with Crippen LogP contribution in [0.3, 0.4) is 0 Å². The van der Waals surface area contributed by atoms with E-state index in [4.69, 9.17) is 23.2 Å². The molecule has 0 fully saturated rings. The molecule has 10 heteroatoms. The number of aryl methyl sites for hydroxylation is 1. The fraction of sp³-hybridized carbons (Fsp3) is 0.0952. The van der Waals surface area contributed by atoms with E-state index in [0.29, 0.717) is 44.4 Å². The molecule has 0 aliphatic carbocycles. The van der Waals surface area contributed by atoms with Gasteiger partial charge in [0.25, 0.3) is 17.1 Å². The van der Waals surface area contributed by atoms with E-state index in [9.17, 15) is 9.59 Å². The highest BCUT2D eigenvalue weighted by Gasteiger charge is 2.13. The second-order valence-corrected chi connectivity index (χ2v) is 7.77. The van der Waals surface area contributed by atoms with Crippen LogP contribution < -0.4 is 11.1 Å². The average molecular weight is 453 g/mol. The SMILES string of the molecule is CCc1nc(-n2ccc3nc4ccn(-c5cc(Cl)cc(Cl)c5)c(=O)c4cc3c2=O)n[nH]1. The molecule has 0 saturated heterocycles. The Morgan fingerprint density at radius 1 is 0.871 bits per heavy atom. The molecule has 0 aliphatic heterocycles. The van der Waals surface area contributed by atoms with E-state index in [-0.39, 0.29) is 22.5 Å². The summed E-state index contributed by atoms with van der Waals surface area (Å²) in [7, 11) is 0. The summed E-state index contributed by atoms with van der Waals surface area (Å²) in [6.07, 6.45) is 3.84. The summed E-state index contributed by atoms with van der Waals surface area (Å²) >= 11 is 12.2. The molecule has 0 bridgehead atoms. The minimum absolute atomic E-state index is 0.239. The summed E-state index contributed by atoms with van der Waals surface area (Å²) < 4.78 is 2.74. The second kappa shape index (κ2) is 7.33. The molecular formula is C21H14Cl2N6O2. The van der Waals surface area contributed by atoms with Gasteiger partial charge in [0.15, 0.2) is 0 Å². The van der Waals surface area contributed by atoms with E-state index < -0.39 is 0 Å². The Morgan fingerprint density at radius 2 is 1.48 bits per heavy atom. The number of fused-ring (bicyclic) bond motifs is 2. The maximum atomic E-state index is 13.2. The Hall–Kier alpha value is -3.49. The first-order chi connectivity index (χ1) is 14.9. The number of pyridine rings is 3. The van der Waals surface area contributed by atoms with Crippen molar-refractivity contribution in [3.63, 3.8) is 0 Å². The number of aromatic amines is 1. The van der Waals surface area contributed by atoms with Gasteiger partial charge in [-0.25, -0.2) is 9.55 Å². The van der Waals surface area contributed by atoms with Crippen molar-refractivity contribution in [2.75, 3.05) is 0 Å². The topological polar surface area (TPSA) is 98.5 Å². The van der Waals surface area contributed by atoms with Gasteiger partial charge in [-0.3, -0.25) is 19.3 Å². The fourth-order valence-corrected chi connectivity index (χ4v) is 3.93. The van der Waals surface area contributed by atoms with Gasteiger partial charge in [-0.15, -0.1) is 5.10 Å². The van der Waals surface area contributed by atoms with Gasteiger partial charge in [-0.2, -0.15) is 4.98 Å². The van der Waals surface area contributed by atoms with Crippen LogP contribution in [0.5, 0.6) is 0 Å². The highest BCUT2D eigenvalue weighted by atomic mass is 35.5. The zero-order chi connectivity index (χ0) is 21.7. The Bertz CT molecular complexity index is 1580. The second-order valence-electron chi connectivity index (χ2n) is 6.90. The summed E-state index contributed by atoms with van der Waals surface area (Å²) in [6.45, 7) is 1.93. The molecule has 0 atom stereocenters. The molecule has 0 saturated carbocycles. The Balaban J connectivity index is 1.75. The van der Waals surface area contributed by atoms with Gasteiger partial charge in [0.2, 0.25) is 0 Å². The third-order valence-corrected chi connectivity index (χ3v) is 5.38. The smallest absolute Gasteiger partial charge is 0.267 e. The van der Waals surface area contributed by atoms with Crippen molar-refractivity contribution >= 4 is 45.0 Å². The standard InChI is InChI=1S/C21H14Cl2N6O2/c1-2-18-25-21(27-26-18)29-6-4-17-15(20(29)31)10-14-16(24-17)3-5-28(19(14)30)13-8-11(22)7-12(23)9-13/h3-10H,2H2,1H3,(H,25,26,27). The average Bonchev–Trinajstić information content (AvgIpc) is 3.22. The first-order valence-electron chi connectivity index (χ1n) is 9.40. The molecule has 0 amide bonds. The van der Waals surface area contributed by atoms with Gasteiger partial charge in [-0.05, 0) is 36.4 Å². The van der Waals surface area contributed by atoms with Crippen LogP contribution in [0.15, 0.2) is 58.4 Å². The van der Waals surface area contributed by atoms with Crippen LogP contribution in [0.1, 0.15) is 12.7 Å². The van der Waals surface area contributed by atoms with Crippen molar-refractivity contribution in [2.45, 2.75) is 13.3 Å². The molecule has 8 nitrogen and oxygen atoms in total. The molecule has 5 aromatic rings. The number of halogens is 2. The number of H-pyrrole nitrogens is 1. The first-order valence-corrected chi connectivity index (χ1v) is 10.2. The predicted molar refractivity (Wildman–Crippen MR) is 120 cm³/mol. The number of nitrogens with one attached hydrogen (secondary N) is 1. The summed E-state index contributed by atoms with van der Waals surface area (Å²) in [6, 6.07) is 9.81. The van der Waals surface area contributed by atoms with Crippen LogP contribution >= 0.6 is 23.2 Å². The summed E-state index contributed by atoms with van der Waals surface area (Å²) in [5.41, 5.74) is 0.760. The molecule has 4 aromatic heterocycles. The summed E-state index contributed by atoms with van der Waals surface area (Å²) in [5, 5.41) is 8.29. The lowest BCUT2D eigenvalue weighted by atomic mass is 10.2. The quantitative estimate of drug-likeness (QED) is 0.421.